The minimum absolute atomic E-state index is 0.260. The van der Waals surface area contributed by atoms with Crippen LogP contribution in [0, 0.1) is 0 Å². The second kappa shape index (κ2) is 5.43. The summed E-state index contributed by atoms with van der Waals surface area (Å²) in [5.74, 6) is 2.12. The van der Waals surface area contributed by atoms with E-state index in [0.29, 0.717) is 11.7 Å². The van der Waals surface area contributed by atoms with Crippen LogP contribution in [-0.2, 0) is 0 Å². The zero-order valence-corrected chi connectivity index (χ0v) is 11.7. The number of hydrogen-bond donors (Lipinski definition) is 2. The highest BCUT2D eigenvalue weighted by atomic mass is 32.2. The first-order valence-electron chi connectivity index (χ1n) is 5.85. The zero-order chi connectivity index (χ0) is 13.1. The summed E-state index contributed by atoms with van der Waals surface area (Å²) in [6, 6.07) is 0.417. The number of rotatable bonds is 5. The number of nitrogens with zero attached hydrogens (tertiary/aromatic N) is 4. The Morgan fingerprint density at radius 2 is 2.28 bits per heavy atom. The van der Waals surface area contributed by atoms with Crippen LogP contribution in [0.3, 0.4) is 0 Å². The Morgan fingerprint density at radius 1 is 1.50 bits per heavy atom. The van der Waals surface area contributed by atoms with E-state index in [1.54, 1.807) is 6.33 Å². The van der Waals surface area contributed by atoms with Crippen LogP contribution in [-0.4, -0.2) is 45.0 Å². The summed E-state index contributed by atoms with van der Waals surface area (Å²) < 4.78 is 0. The van der Waals surface area contributed by atoms with Crippen molar-refractivity contribution < 1.29 is 0 Å². The van der Waals surface area contributed by atoms with Gasteiger partial charge in [0.05, 0.1) is 6.33 Å². The lowest BCUT2D eigenvalue weighted by atomic mass is 10.2. The molecule has 0 bridgehead atoms. The molecule has 0 amide bonds. The van der Waals surface area contributed by atoms with Gasteiger partial charge in [0.1, 0.15) is 5.52 Å². The van der Waals surface area contributed by atoms with Gasteiger partial charge in [0.25, 0.3) is 0 Å². The average molecular weight is 266 g/mol. The number of nitrogen functional groups attached to an aromatic ring is 1. The van der Waals surface area contributed by atoms with Gasteiger partial charge in [-0.1, -0.05) is 6.92 Å². The number of anilines is 2. The minimum Gasteiger partial charge on any atom is -0.368 e. The summed E-state index contributed by atoms with van der Waals surface area (Å²) in [4.78, 5) is 17.8. The van der Waals surface area contributed by atoms with Crippen molar-refractivity contribution in [3.05, 3.63) is 6.33 Å². The van der Waals surface area contributed by atoms with Crippen LogP contribution < -0.4 is 10.6 Å². The van der Waals surface area contributed by atoms with E-state index in [0.717, 1.165) is 23.5 Å². The first-order chi connectivity index (χ1) is 8.67. The Morgan fingerprint density at radius 3 is 2.94 bits per heavy atom. The fourth-order valence-corrected chi connectivity index (χ4v) is 2.80. The lowest BCUT2D eigenvalue weighted by Crippen LogP contribution is -2.34. The van der Waals surface area contributed by atoms with E-state index in [1.165, 1.54) is 0 Å². The number of H-pyrrole nitrogens is 1. The minimum atomic E-state index is 0.260. The smallest absolute Gasteiger partial charge is 0.224 e. The molecule has 6 nitrogen and oxygen atoms in total. The number of aromatic amines is 1. The standard InChI is InChI=1S/C11H18N6S/c1-4-7(5-18-3)17(2)10-8-9(14-6-13-8)15-11(12)16-10/h6-7H,4-5H2,1-3H3,(H3,12,13,14,15,16). The first kappa shape index (κ1) is 12.9. The Kier molecular flexibility index (Phi) is 3.90. The average Bonchev–Trinajstić information content (AvgIpc) is 2.82. The van der Waals surface area contributed by atoms with Gasteiger partial charge in [-0.25, -0.2) is 4.98 Å². The fourth-order valence-electron chi connectivity index (χ4n) is 1.96. The summed E-state index contributed by atoms with van der Waals surface area (Å²) >= 11 is 1.83. The molecule has 0 saturated heterocycles. The molecular weight excluding hydrogens is 248 g/mol. The number of fused-ring (bicyclic) bond motifs is 1. The van der Waals surface area contributed by atoms with E-state index in [-0.39, 0.29) is 5.95 Å². The molecule has 2 aromatic heterocycles. The zero-order valence-electron chi connectivity index (χ0n) is 10.8. The van der Waals surface area contributed by atoms with Gasteiger partial charge in [0.2, 0.25) is 5.95 Å². The Bertz CT molecular complexity index is 525. The first-order valence-corrected chi connectivity index (χ1v) is 7.25. The highest BCUT2D eigenvalue weighted by Crippen LogP contribution is 2.24. The third-order valence-corrected chi connectivity index (χ3v) is 3.71. The monoisotopic (exact) mass is 266 g/mol. The Balaban J connectivity index is 2.42. The Labute approximate surface area is 110 Å². The quantitative estimate of drug-likeness (QED) is 0.853. The predicted molar refractivity (Wildman–Crippen MR) is 77.0 cm³/mol. The lowest BCUT2D eigenvalue weighted by molar-refractivity contribution is 0.667. The molecule has 0 aliphatic heterocycles. The topological polar surface area (TPSA) is 83.7 Å². The molecule has 7 heteroatoms. The van der Waals surface area contributed by atoms with Gasteiger partial charge in [-0.2, -0.15) is 21.7 Å². The maximum absolute atomic E-state index is 5.73. The van der Waals surface area contributed by atoms with Crippen molar-refractivity contribution >= 4 is 34.7 Å². The SMILES string of the molecule is CCC(CSC)N(C)c1nc(N)nc2nc[nH]c12. The number of imidazole rings is 1. The molecule has 0 fully saturated rings. The normalized spacial score (nSPS) is 12.8. The van der Waals surface area contributed by atoms with Crippen LogP contribution in [0.25, 0.3) is 11.2 Å². The highest BCUT2D eigenvalue weighted by molar-refractivity contribution is 7.98. The number of aromatic nitrogens is 4. The highest BCUT2D eigenvalue weighted by Gasteiger charge is 2.18. The van der Waals surface area contributed by atoms with Gasteiger partial charge < -0.3 is 15.6 Å². The van der Waals surface area contributed by atoms with Gasteiger partial charge in [-0.05, 0) is 12.7 Å². The summed E-state index contributed by atoms with van der Waals surface area (Å²) in [5.41, 5.74) is 7.18. The molecule has 2 aromatic rings. The molecular formula is C11H18N6S. The molecule has 0 radical (unpaired) electrons. The van der Waals surface area contributed by atoms with Crippen molar-refractivity contribution in [1.29, 1.82) is 0 Å². The van der Waals surface area contributed by atoms with E-state index >= 15 is 0 Å². The summed E-state index contributed by atoms with van der Waals surface area (Å²) in [7, 11) is 2.03. The van der Waals surface area contributed by atoms with Crippen molar-refractivity contribution in [1.82, 2.24) is 19.9 Å². The second-order valence-electron chi connectivity index (χ2n) is 4.13. The van der Waals surface area contributed by atoms with Crippen LogP contribution in [0.15, 0.2) is 6.33 Å². The van der Waals surface area contributed by atoms with Crippen LogP contribution >= 0.6 is 11.8 Å². The molecule has 0 aliphatic rings. The molecule has 0 aliphatic carbocycles. The fraction of sp³-hybridized carbons (Fsp3) is 0.545. The molecule has 18 heavy (non-hydrogen) atoms. The van der Waals surface area contributed by atoms with E-state index in [1.807, 2.05) is 18.8 Å². The van der Waals surface area contributed by atoms with E-state index in [2.05, 4.69) is 38.0 Å². The Hall–Kier alpha value is -1.50. The van der Waals surface area contributed by atoms with Gasteiger partial charge in [0, 0.05) is 18.8 Å². The van der Waals surface area contributed by atoms with Crippen LogP contribution in [0.1, 0.15) is 13.3 Å². The molecule has 0 aromatic carbocycles. The second-order valence-corrected chi connectivity index (χ2v) is 5.05. The molecule has 1 unspecified atom stereocenters. The van der Waals surface area contributed by atoms with E-state index < -0.39 is 0 Å². The molecule has 1 atom stereocenters. The largest absolute Gasteiger partial charge is 0.368 e. The summed E-state index contributed by atoms with van der Waals surface area (Å²) in [6.07, 6.45) is 4.78. The van der Waals surface area contributed by atoms with Crippen LogP contribution in [0.4, 0.5) is 11.8 Å². The number of nitrogens with one attached hydrogen (secondary N) is 1. The van der Waals surface area contributed by atoms with Crippen LogP contribution in [0.5, 0.6) is 0 Å². The maximum Gasteiger partial charge on any atom is 0.224 e. The third kappa shape index (κ3) is 2.35. The van der Waals surface area contributed by atoms with E-state index in [9.17, 15) is 0 Å². The molecule has 3 N–H and O–H groups in total. The third-order valence-electron chi connectivity index (χ3n) is 3.00. The molecule has 2 rings (SSSR count). The van der Waals surface area contributed by atoms with Crippen molar-refractivity contribution in [3.63, 3.8) is 0 Å². The van der Waals surface area contributed by atoms with Gasteiger partial charge in [-0.3, -0.25) is 0 Å². The lowest BCUT2D eigenvalue weighted by Gasteiger charge is -2.27. The van der Waals surface area contributed by atoms with Crippen molar-refractivity contribution in [2.75, 3.05) is 29.7 Å². The summed E-state index contributed by atoms with van der Waals surface area (Å²) in [6.45, 7) is 2.17. The maximum atomic E-state index is 5.73. The molecule has 2 heterocycles. The van der Waals surface area contributed by atoms with Crippen molar-refractivity contribution in [3.8, 4) is 0 Å². The van der Waals surface area contributed by atoms with E-state index in [4.69, 9.17) is 5.73 Å². The van der Waals surface area contributed by atoms with Gasteiger partial charge >= 0.3 is 0 Å². The van der Waals surface area contributed by atoms with Crippen LogP contribution in [0.2, 0.25) is 0 Å². The molecule has 0 saturated carbocycles. The predicted octanol–water partition coefficient (Wildman–Crippen LogP) is 1.51. The van der Waals surface area contributed by atoms with Gasteiger partial charge in [-0.15, -0.1) is 0 Å². The summed E-state index contributed by atoms with van der Waals surface area (Å²) in [5, 5.41) is 0. The van der Waals surface area contributed by atoms with Crippen molar-refractivity contribution in [2.24, 2.45) is 0 Å². The number of hydrogen-bond acceptors (Lipinski definition) is 6. The van der Waals surface area contributed by atoms with Crippen molar-refractivity contribution in [2.45, 2.75) is 19.4 Å². The molecule has 0 spiro atoms. The van der Waals surface area contributed by atoms with Gasteiger partial charge in [0.15, 0.2) is 11.5 Å². The number of thioether (sulfide) groups is 1. The number of nitrogens with two attached hydrogens (primary N) is 1. The molecule has 98 valence electrons.